The second-order valence-corrected chi connectivity index (χ2v) is 2.47. The molecule has 1 aliphatic rings. The van der Waals surface area contributed by atoms with Crippen molar-refractivity contribution in [2.24, 2.45) is 0 Å². The number of hydrogen-bond donors (Lipinski definition) is 0. The molecular weight excluding hydrogens is 146 g/mol. The fourth-order valence-electron chi connectivity index (χ4n) is 0.897. The largest absolute Gasteiger partial charge is 0.464 e. The molecule has 11 heavy (non-hydrogen) atoms. The van der Waals surface area contributed by atoms with Gasteiger partial charge in [0.2, 0.25) is 5.91 Å². The third-order valence-corrected chi connectivity index (χ3v) is 1.61. The highest BCUT2D eigenvalue weighted by Crippen LogP contribution is 2.06. The zero-order valence-electron chi connectivity index (χ0n) is 6.50. The zero-order chi connectivity index (χ0) is 8.27. The summed E-state index contributed by atoms with van der Waals surface area (Å²) in [7, 11) is 0. The van der Waals surface area contributed by atoms with E-state index in [9.17, 15) is 9.59 Å². The van der Waals surface area contributed by atoms with Gasteiger partial charge in [-0.05, 0) is 0 Å². The van der Waals surface area contributed by atoms with Crippen LogP contribution in [-0.2, 0) is 14.3 Å². The Hall–Kier alpha value is -1.06. The third-order valence-electron chi connectivity index (χ3n) is 1.61. The highest BCUT2D eigenvalue weighted by molar-refractivity contribution is 5.81. The van der Waals surface area contributed by atoms with Crippen molar-refractivity contribution in [3.63, 3.8) is 0 Å². The lowest BCUT2D eigenvalue weighted by Gasteiger charge is -2.30. The quantitative estimate of drug-likeness (QED) is 0.420. The van der Waals surface area contributed by atoms with E-state index in [0.29, 0.717) is 19.6 Å². The molecule has 4 heteroatoms. The van der Waals surface area contributed by atoms with Crippen molar-refractivity contribution in [2.75, 3.05) is 19.7 Å². The molecule has 0 aliphatic carbocycles. The van der Waals surface area contributed by atoms with Crippen molar-refractivity contribution in [2.45, 2.75) is 13.3 Å². The number of β-lactam (4-membered cyclic amide) rings is 1. The normalized spacial score (nSPS) is 16.1. The summed E-state index contributed by atoms with van der Waals surface area (Å²) in [6, 6.07) is 0. The number of carbonyl (C=O) groups is 2. The van der Waals surface area contributed by atoms with Crippen LogP contribution in [0.25, 0.3) is 0 Å². The van der Waals surface area contributed by atoms with Crippen LogP contribution in [0.15, 0.2) is 0 Å². The molecule has 1 heterocycles. The highest BCUT2D eigenvalue weighted by atomic mass is 16.5. The minimum Gasteiger partial charge on any atom is -0.464 e. The van der Waals surface area contributed by atoms with E-state index in [0.717, 1.165) is 6.54 Å². The molecular formula is C7H11NO3. The number of likely N-dealkylation sites (tertiary alicyclic amines) is 1. The Bertz CT molecular complexity index is 179. The minimum absolute atomic E-state index is 0.150. The van der Waals surface area contributed by atoms with Crippen LogP contribution in [0.5, 0.6) is 0 Å². The van der Waals surface area contributed by atoms with Gasteiger partial charge in [-0.15, -0.1) is 0 Å². The topological polar surface area (TPSA) is 46.6 Å². The molecule has 0 unspecified atom stereocenters. The molecule has 0 aromatic heterocycles. The Morgan fingerprint density at radius 3 is 2.82 bits per heavy atom. The maximum atomic E-state index is 10.7. The number of amides is 1. The molecule has 0 atom stereocenters. The van der Waals surface area contributed by atoms with Gasteiger partial charge in [-0.3, -0.25) is 9.59 Å². The summed E-state index contributed by atoms with van der Waals surface area (Å²) in [6.07, 6.45) is 0.639. The van der Waals surface area contributed by atoms with Gasteiger partial charge in [-0.25, -0.2) is 0 Å². The van der Waals surface area contributed by atoms with Gasteiger partial charge >= 0.3 is 5.97 Å². The highest BCUT2D eigenvalue weighted by Gasteiger charge is 2.22. The number of nitrogens with zero attached hydrogens (tertiary/aromatic N) is 1. The van der Waals surface area contributed by atoms with E-state index in [4.69, 9.17) is 0 Å². The number of hydrogen-bond acceptors (Lipinski definition) is 3. The predicted octanol–water partition coefficient (Wildman–Crippen LogP) is -0.218. The van der Waals surface area contributed by atoms with E-state index in [1.807, 2.05) is 0 Å². The van der Waals surface area contributed by atoms with Crippen LogP contribution >= 0.6 is 0 Å². The van der Waals surface area contributed by atoms with Crippen LogP contribution in [0.4, 0.5) is 0 Å². The van der Waals surface area contributed by atoms with Gasteiger partial charge in [0, 0.05) is 19.9 Å². The van der Waals surface area contributed by atoms with Gasteiger partial charge in [0.1, 0.15) is 6.61 Å². The average molecular weight is 157 g/mol. The minimum atomic E-state index is -0.294. The molecule has 0 bridgehead atoms. The number of carbonyl (C=O) groups excluding carboxylic acids is 2. The van der Waals surface area contributed by atoms with Gasteiger partial charge in [-0.2, -0.15) is 0 Å². The van der Waals surface area contributed by atoms with Crippen LogP contribution in [0.1, 0.15) is 13.3 Å². The molecule has 0 radical (unpaired) electrons. The Kier molecular flexibility index (Phi) is 2.46. The van der Waals surface area contributed by atoms with Crippen molar-refractivity contribution in [1.82, 2.24) is 4.90 Å². The zero-order valence-corrected chi connectivity index (χ0v) is 6.50. The number of ether oxygens (including phenoxy) is 1. The molecule has 4 nitrogen and oxygen atoms in total. The monoisotopic (exact) mass is 157 g/mol. The molecule has 0 spiro atoms. The van der Waals surface area contributed by atoms with Crippen molar-refractivity contribution in [1.29, 1.82) is 0 Å². The number of rotatable bonds is 3. The van der Waals surface area contributed by atoms with Gasteiger partial charge < -0.3 is 9.64 Å². The molecule has 1 fully saturated rings. The van der Waals surface area contributed by atoms with E-state index >= 15 is 0 Å². The molecule has 1 aliphatic heterocycles. The first-order valence-electron chi connectivity index (χ1n) is 3.61. The lowest BCUT2D eigenvalue weighted by molar-refractivity contribution is -0.147. The third kappa shape index (κ3) is 2.22. The van der Waals surface area contributed by atoms with E-state index in [1.165, 1.54) is 6.92 Å². The summed E-state index contributed by atoms with van der Waals surface area (Å²) in [5, 5.41) is 0. The van der Waals surface area contributed by atoms with Crippen LogP contribution in [0, 0.1) is 0 Å². The van der Waals surface area contributed by atoms with Crippen molar-refractivity contribution in [3.8, 4) is 0 Å². The number of esters is 1. The molecule has 0 N–H and O–H groups in total. The predicted molar refractivity (Wildman–Crippen MR) is 37.8 cm³/mol. The lowest BCUT2D eigenvalue weighted by Crippen LogP contribution is -2.45. The second-order valence-electron chi connectivity index (χ2n) is 2.47. The van der Waals surface area contributed by atoms with Crippen LogP contribution in [0.3, 0.4) is 0 Å². The van der Waals surface area contributed by atoms with E-state index < -0.39 is 0 Å². The second kappa shape index (κ2) is 3.37. The first kappa shape index (κ1) is 8.04. The van der Waals surface area contributed by atoms with Crippen molar-refractivity contribution in [3.05, 3.63) is 0 Å². The van der Waals surface area contributed by atoms with Gasteiger partial charge in [0.15, 0.2) is 0 Å². The molecule has 1 rings (SSSR count). The SMILES string of the molecule is CC(=O)OCCN1CCC1=O. The Morgan fingerprint density at radius 1 is 1.73 bits per heavy atom. The summed E-state index contributed by atoms with van der Waals surface area (Å²) in [4.78, 5) is 22.6. The van der Waals surface area contributed by atoms with Crippen LogP contribution < -0.4 is 0 Å². The molecule has 62 valence electrons. The van der Waals surface area contributed by atoms with Crippen molar-refractivity contribution < 1.29 is 14.3 Å². The lowest BCUT2D eigenvalue weighted by atomic mass is 10.2. The average Bonchev–Trinajstić information content (AvgIpc) is 1.94. The van der Waals surface area contributed by atoms with Gasteiger partial charge in [0.05, 0.1) is 6.54 Å². The summed E-state index contributed by atoms with van der Waals surface area (Å²) >= 11 is 0. The molecule has 1 saturated heterocycles. The van der Waals surface area contributed by atoms with Crippen LogP contribution in [-0.4, -0.2) is 36.5 Å². The van der Waals surface area contributed by atoms with E-state index in [1.54, 1.807) is 4.90 Å². The van der Waals surface area contributed by atoms with Gasteiger partial charge in [0.25, 0.3) is 0 Å². The summed E-state index contributed by atoms with van der Waals surface area (Å²) in [5.74, 6) is -0.143. The van der Waals surface area contributed by atoms with Gasteiger partial charge in [-0.1, -0.05) is 0 Å². The summed E-state index contributed by atoms with van der Waals surface area (Å²) < 4.78 is 4.66. The maximum Gasteiger partial charge on any atom is 0.302 e. The molecule has 1 amide bonds. The smallest absolute Gasteiger partial charge is 0.302 e. The maximum absolute atomic E-state index is 10.7. The molecule has 0 aromatic carbocycles. The van der Waals surface area contributed by atoms with Crippen molar-refractivity contribution >= 4 is 11.9 Å². The van der Waals surface area contributed by atoms with E-state index in [-0.39, 0.29) is 11.9 Å². The molecule has 0 saturated carbocycles. The fraction of sp³-hybridized carbons (Fsp3) is 0.714. The Labute approximate surface area is 65.1 Å². The Morgan fingerprint density at radius 2 is 2.45 bits per heavy atom. The standard InChI is InChI=1S/C7H11NO3/c1-6(9)11-5-4-8-3-2-7(8)10/h2-5H2,1H3. The molecule has 0 aromatic rings. The van der Waals surface area contributed by atoms with E-state index in [2.05, 4.69) is 4.74 Å². The Balaban J connectivity index is 2.03. The fourth-order valence-corrected chi connectivity index (χ4v) is 0.897. The first-order chi connectivity index (χ1) is 5.20. The first-order valence-corrected chi connectivity index (χ1v) is 3.61. The summed E-state index contributed by atoms with van der Waals surface area (Å²) in [5.41, 5.74) is 0. The summed E-state index contributed by atoms with van der Waals surface area (Å²) in [6.45, 7) is 3.03. The van der Waals surface area contributed by atoms with Crippen LogP contribution in [0.2, 0.25) is 0 Å².